The molecule has 0 radical (unpaired) electrons. The van der Waals surface area contributed by atoms with Crippen LogP contribution in [-0.4, -0.2) is 47.9 Å². The average Bonchev–Trinajstić information content (AvgIpc) is 2.68. The Balaban J connectivity index is 1.44. The van der Waals surface area contributed by atoms with E-state index >= 15 is 0 Å². The van der Waals surface area contributed by atoms with Crippen molar-refractivity contribution in [3.05, 3.63) is 70.7 Å². The Morgan fingerprint density at radius 1 is 1.04 bits per heavy atom. The summed E-state index contributed by atoms with van der Waals surface area (Å²) in [5.74, 6) is 0.0569. The molecule has 1 aliphatic heterocycles. The standard InChI is InChI=1S/C21H26ClN3O/c1-17(21(26)23-15-19-9-5-6-10-20(19)22)25-13-11-24(12-14-25)16-18-7-3-2-4-8-18/h2-10,17H,11-16H2,1H3,(H,23,26)/t17-/m0/s1. The molecule has 0 aromatic heterocycles. The Morgan fingerprint density at radius 3 is 2.38 bits per heavy atom. The molecule has 0 saturated carbocycles. The van der Waals surface area contributed by atoms with Gasteiger partial charge in [0.15, 0.2) is 0 Å². The molecule has 4 nitrogen and oxygen atoms in total. The van der Waals surface area contributed by atoms with Gasteiger partial charge in [-0.2, -0.15) is 0 Å². The van der Waals surface area contributed by atoms with Gasteiger partial charge in [-0.05, 0) is 24.1 Å². The summed E-state index contributed by atoms with van der Waals surface area (Å²) in [7, 11) is 0. The van der Waals surface area contributed by atoms with E-state index in [0.29, 0.717) is 11.6 Å². The van der Waals surface area contributed by atoms with Crippen molar-refractivity contribution in [2.75, 3.05) is 26.2 Å². The Morgan fingerprint density at radius 2 is 1.69 bits per heavy atom. The van der Waals surface area contributed by atoms with Crippen molar-refractivity contribution >= 4 is 17.5 Å². The van der Waals surface area contributed by atoms with Gasteiger partial charge in [0.1, 0.15) is 0 Å². The number of carbonyl (C=O) groups is 1. The van der Waals surface area contributed by atoms with Crippen molar-refractivity contribution in [2.24, 2.45) is 0 Å². The van der Waals surface area contributed by atoms with E-state index in [1.54, 1.807) is 0 Å². The quantitative estimate of drug-likeness (QED) is 0.847. The Bertz CT molecular complexity index is 714. The summed E-state index contributed by atoms with van der Waals surface area (Å²) < 4.78 is 0. The molecule has 1 fully saturated rings. The van der Waals surface area contributed by atoms with E-state index in [9.17, 15) is 4.79 Å². The summed E-state index contributed by atoms with van der Waals surface area (Å²) in [6.07, 6.45) is 0. The first kappa shape index (κ1) is 18.9. The molecular weight excluding hydrogens is 346 g/mol. The van der Waals surface area contributed by atoms with Gasteiger partial charge in [-0.15, -0.1) is 0 Å². The number of halogens is 1. The highest BCUT2D eigenvalue weighted by Crippen LogP contribution is 2.15. The van der Waals surface area contributed by atoms with Crippen LogP contribution in [-0.2, 0) is 17.9 Å². The van der Waals surface area contributed by atoms with Crippen LogP contribution < -0.4 is 5.32 Å². The van der Waals surface area contributed by atoms with Crippen LogP contribution >= 0.6 is 11.6 Å². The maximum Gasteiger partial charge on any atom is 0.237 e. The minimum Gasteiger partial charge on any atom is -0.351 e. The zero-order valence-corrected chi connectivity index (χ0v) is 16.0. The van der Waals surface area contributed by atoms with E-state index < -0.39 is 0 Å². The molecule has 2 aromatic carbocycles. The summed E-state index contributed by atoms with van der Waals surface area (Å²) in [4.78, 5) is 17.2. The van der Waals surface area contributed by atoms with Gasteiger partial charge >= 0.3 is 0 Å². The van der Waals surface area contributed by atoms with Crippen molar-refractivity contribution in [3.63, 3.8) is 0 Å². The molecule has 0 spiro atoms. The minimum atomic E-state index is -0.128. The van der Waals surface area contributed by atoms with Crippen LogP contribution in [0.2, 0.25) is 5.02 Å². The second-order valence-corrected chi connectivity index (χ2v) is 7.19. The van der Waals surface area contributed by atoms with Crippen molar-refractivity contribution in [2.45, 2.75) is 26.1 Å². The van der Waals surface area contributed by atoms with Gasteiger partial charge < -0.3 is 5.32 Å². The summed E-state index contributed by atoms with van der Waals surface area (Å²) in [5, 5.41) is 3.70. The largest absolute Gasteiger partial charge is 0.351 e. The van der Waals surface area contributed by atoms with E-state index in [1.165, 1.54) is 5.56 Å². The first-order valence-corrected chi connectivity index (χ1v) is 9.53. The molecule has 26 heavy (non-hydrogen) atoms. The lowest BCUT2D eigenvalue weighted by Gasteiger charge is -2.37. The number of rotatable bonds is 6. The Hall–Kier alpha value is -1.88. The molecule has 2 aromatic rings. The number of amides is 1. The van der Waals surface area contributed by atoms with Crippen LogP contribution in [0.4, 0.5) is 0 Å². The molecule has 1 heterocycles. The van der Waals surface area contributed by atoms with Gasteiger partial charge in [-0.3, -0.25) is 14.6 Å². The molecule has 0 unspecified atom stereocenters. The van der Waals surface area contributed by atoms with E-state index in [0.717, 1.165) is 38.3 Å². The maximum absolute atomic E-state index is 12.5. The number of hydrogen-bond donors (Lipinski definition) is 1. The third-order valence-electron chi connectivity index (χ3n) is 4.99. The number of nitrogens with zero attached hydrogens (tertiary/aromatic N) is 2. The summed E-state index contributed by atoms with van der Waals surface area (Å²) in [6.45, 7) is 7.21. The highest BCUT2D eigenvalue weighted by molar-refractivity contribution is 6.31. The molecule has 138 valence electrons. The van der Waals surface area contributed by atoms with Crippen LogP contribution in [0.15, 0.2) is 54.6 Å². The number of piperazine rings is 1. The average molecular weight is 372 g/mol. The zero-order chi connectivity index (χ0) is 18.4. The van der Waals surface area contributed by atoms with Gasteiger partial charge in [-0.1, -0.05) is 60.1 Å². The summed E-state index contributed by atoms with van der Waals surface area (Å²) in [5.41, 5.74) is 2.29. The lowest BCUT2D eigenvalue weighted by atomic mass is 10.1. The van der Waals surface area contributed by atoms with Gasteiger partial charge in [0.25, 0.3) is 0 Å². The molecule has 1 N–H and O–H groups in total. The Labute approximate surface area is 160 Å². The minimum absolute atomic E-state index is 0.0569. The van der Waals surface area contributed by atoms with Crippen LogP contribution in [0.5, 0.6) is 0 Å². The van der Waals surface area contributed by atoms with E-state index in [4.69, 9.17) is 11.6 Å². The van der Waals surface area contributed by atoms with Crippen molar-refractivity contribution < 1.29 is 4.79 Å². The van der Waals surface area contributed by atoms with Crippen LogP contribution in [0.25, 0.3) is 0 Å². The summed E-state index contributed by atoms with van der Waals surface area (Å²) in [6, 6.07) is 18.0. The predicted octanol–water partition coefficient (Wildman–Crippen LogP) is 3.16. The maximum atomic E-state index is 12.5. The molecular formula is C21H26ClN3O. The number of carbonyl (C=O) groups excluding carboxylic acids is 1. The molecule has 1 saturated heterocycles. The van der Waals surface area contributed by atoms with Crippen LogP contribution in [0.1, 0.15) is 18.1 Å². The highest BCUT2D eigenvalue weighted by Gasteiger charge is 2.25. The van der Waals surface area contributed by atoms with E-state index in [1.807, 2.05) is 37.3 Å². The van der Waals surface area contributed by atoms with Gasteiger partial charge in [-0.25, -0.2) is 0 Å². The molecule has 5 heteroatoms. The van der Waals surface area contributed by atoms with E-state index in [2.05, 4.69) is 39.4 Å². The lowest BCUT2D eigenvalue weighted by molar-refractivity contribution is -0.126. The molecule has 1 atom stereocenters. The fourth-order valence-electron chi connectivity index (χ4n) is 3.29. The second kappa shape index (κ2) is 9.17. The molecule has 3 rings (SSSR count). The third-order valence-corrected chi connectivity index (χ3v) is 5.36. The number of nitrogens with one attached hydrogen (secondary N) is 1. The van der Waals surface area contributed by atoms with Crippen molar-refractivity contribution in [1.82, 2.24) is 15.1 Å². The number of hydrogen-bond acceptors (Lipinski definition) is 3. The van der Waals surface area contributed by atoms with Crippen LogP contribution in [0.3, 0.4) is 0 Å². The lowest BCUT2D eigenvalue weighted by Crippen LogP contribution is -2.53. The molecule has 1 amide bonds. The van der Waals surface area contributed by atoms with E-state index in [-0.39, 0.29) is 11.9 Å². The monoisotopic (exact) mass is 371 g/mol. The van der Waals surface area contributed by atoms with Gasteiger partial charge in [0.05, 0.1) is 6.04 Å². The fraction of sp³-hybridized carbons (Fsp3) is 0.381. The first-order chi connectivity index (χ1) is 12.6. The normalized spacial score (nSPS) is 17.0. The highest BCUT2D eigenvalue weighted by atomic mass is 35.5. The van der Waals surface area contributed by atoms with Gasteiger partial charge in [0, 0.05) is 44.3 Å². The Kier molecular flexibility index (Phi) is 6.67. The smallest absolute Gasteiger partial charge is 0.237 e. The molecule has 0 aliphatic carbocycles. The van der Waals surface area contributed by atoms with Crippen LogP contribution in [0, 0.1) is 0 Å². The third kappa shape index (κ3) is 5.07. The first-order valence-electron chi connectivity index (χ1n) is 9.15. The topological polar surface area (TPSA) is 35.6 Å². The summed E-state index contributed by atoms with van der Waals surface area (Å²) >= 11 is 6.15. The zero-order valence-electron chi connectivity index (χ0n) is 15.2. The molecule has 1 aliphatic rings. The molecule has 0 bridgehead atoms. The fourth-order valence-corrected chi connectivity index (χ4v) is 3.49. The second-order valence-electron chi connectivity index (χ2n) is 6.78. The SMILES string of the molecule is C[C@@H](C(=O)NCc1ccccc1Cl)N1CCN(Cc2ccccc2)CC1. The van der Waals surface area contributed by atoms with Crippen molar-refractivity contribution in [3.8, 4) is 0 Å². The number of benzene rings is 2. The van der Waals surface area contributed by atoms with Crippen molar-refractivity contribution in [1.29, 1.82) is 0 Å². The van der Waals surface area contributed by atoms with Gasteiger partial charge in [0.2, 0.25) is 5.91 Å². The predicted molar refractivity (Wildman–Crippen MR) is 106 cm³/mol.